The number of amides is 1. The highest BCUT2D eigenvalue weighted by molar-refractivity contribution is 6.10. The van der Waals surface area contributed by atoms with Crippen molar-refractivity contribution in [3.63, 3.8) is 0 Å². The van der Waals surface area contributed by atoms with Gasteiger partial charge in [0.1, 0.15) is 5.75 Å². The summed E-state index contributed by atoms with van der Waals surface area (Å²) in [5.74, 6) is -0.226. The van der Waals surface area contributed by atoms with E-state index in [-0.39, 0.29) is 12.2 Å². The van der Waals surface area contributed by atoms with Crippen LogP contribution in [0.2, 0.25) is 0 Å². The Morgan fingerprint density at radius 2 is 1.88 bits per heavy atom. The molecule has 0 bridgehead atoms. The highest BCUT2D eigenvalue weighted by atomic mass is 16.5. The van der Waals surface area contributed by atoms with Crippen molar-refractivity contribution in [3.05, 3.63) is 58.7 Å². The lowest BCUT2D eigenvalue weighted by Gasteiger charge is -2.20. The van der Waals surface area contributed by atoms with Crippen LogP contribution in [0.4, 0.5) is 5.69 Å². The zero-order valence-electron chi connectivity index (χ0n) is 13.8. The third kappa shape index (κ3) is 2.57. The second kappa shape index (κ2) is 5.76. The third-order valence-corrected chi connectivity index (χ3v) is 4.37. The predicted molar refractivity (Wildman–Crippen MR) is 90.4 cm³/mol. The summed E-state index contributed by atoms with van der Waals surface area (Å²) in [7, 11) is 1.55. The minimum atomic E-state index is -1.84. The van der Waals surface area contributed by atoms with Crippen LogP contribution in [-0.2, 0) is 10.4 Å². The Bertz CT molecular complexity index is 826. The lowest BCUT2D eigenvalue weighted by atomic mass is 9.86. The summed E-state index contributed by atoms with van der Waals surface area (Å²) in [6, 6.07) is 10.3. The molecule has 2 N–H and O–H groups in total. The second-order valence-corrected chi connectivity index (χ2v) is 6.15. The van der Waals surface area contributed by atoms with Crippen LogP contribution in [0, 0.1) is 13.8 Å². The molecule has 0 spiro atoms. The predicted octanol–water partition coefficient (Wildman–Crippen LogP) is 2.72. The van der Waals surface area contributed by atoms with Gasteiger partial charge >= 0.3 is 0 Å². The SMILES string of the molecule is COc1ccc(C(=O)C[C@@]2(O)C(=O)Nc3c(C)cc(C)cc32)cc1. The molecule has 0 aliphatic carbocycles. The Morgan fingerprint density at radius 1 is 1.21 bits per heavy atom. The van der Waals surface area contributed by atoms with Crippen molar-refractivity contribution in [2.75, 3.05) is 12.4 Å². The molecule has 5 heteroatoms. The normalized spacial score (nSPS) is 18.9. The fraction of sp³-hybridized carbons (Fsp3) is 0.263. The first-order valence-corrected chi connectivity index (χ1v) is 7.68. The Balaban J connectivity index is 1.94. The first kappa shape index (κ1) is 16.2. The van der Waals surface area contributed by atoms with E-state index in [9.17, 15) is 14.7 Å². The van der Waals surface area contributed by atoms with E-state index >= 15 is 0 Å². The quantitative estimate of drug-likeness (QED) is 0.848. The fourth-order valence-corrected chi connectivity index (χ4v) is 3.09. The number of aliphatic hydroxyl groups is 1. The van der Waals surface area contributed by atoms with E-state index < -0.39 is 11.5 Å². The fourth-order valence-electron chi connectivity index (χ4n) is 3.09. The zero-order valence-corrected chi connectivity index (χ0v) is 13.8. The summed E-state index contributed by atoms with van der Waals surface area (Å²) >= 11 is 0. The molecule has 1 heterocycles. The van der Waals surface area contributed by atoms with Crippen molar-refractivity contribution >= 4 is 17.4 Å². The van der Waals surface area contributed by atoms with Crippen molar-refractivity contribution in [2.45, 2.75) is 25.9 Å². The molecule has 0 saturated heterocycles. The van der Waals surface area contributed by atoms with Gasteiger partial charge in [-0.2, -0.15) is 0 Å². The molecule has 0 unspecified atom stereocenters. The van der Waals surface area contributed by atoms with Gasteiger partial charge in [-0.05, 0) is 43.7 Å². The summed E-state index contributed by atoms with van der Waals surface area (Å²) in [4.78, 5) is 24.9. The molecule has 24 heavy (non-hydrogen) atoms. The second-order valence-electron chi connectivity index (χ2n) is 6.15. The van der Waals surface area contributed by atoms with E-state index in [1.54, 1.807) is 37.4 Å². The monoisotopic (exact) mass is 325 g/mol. The number of anilines is 1. The molecule has 1 amide bonds. The van der Waals surface area contributed by atoms with Gasteiger partial charge in [0.25, 0.3) is 5.91 Å². The minimum Gasteiger partial charge on any atom is -0.497 e. The summed E-state index contributed by atoms with van der Waals surface area (Å²) in [5, 5.41) is 13.6. The smallest absolute Gasteiger partial charge is 0.261 e. The standard InChI is InChI=1S/C19H19NO4/c1-11-8-12(2)17-15(9-11)19(23,18(22)20-17)10-16(21)13-4-6-14(24-3)7-5-13/h4-9,23H,10H2,1-3H3,(H,20,22)/t19-/m0/s1. The van der Waals surface area contributed by atoms with E-state index in [4.69, 9.17) is 4.74 Å². The summed E-state index contributed by atoms with van der Waals surface area (Å²) in [6.07, 6.45) is -0.305. The number of carbonyl (C=O) groups excluding carboxylic acids is 2. The van der Waals surface area contributed by atoms with E-state index in [1.807, 2.05) is 19.9 Å². The van der Waals surface area contributed by atoms with Crippen molar-refractivity contribution in [1.82, 2.24) is 0 Å². The van der Waals surface area contributed by atoms with Crippen molar-refractivity contribution in [1.29, 1.82) is 0 Å². The highest BCUT2D eigenvalue weighted by Gasteiger charge is 2.47. The van der Waals surface area contributed by atoms with Gasteiger partial charge in [0.2, 0.25) is 0 Å². The number of ketones is 1. The number of Topliss-reactive ketones (excluding diaryl/α,β-unsaturated/α-hetero) is 1. The number of rotatable bonds is 4. The molecule has 2 aromatic carbocycles. The summed E-state index contributed by atoms with van der Waals surface area (Å²) in [5.41, 5.74) is 1.44. The van der Waals surface area contributed by atoms with Gasteiger partial charge in [-0.25, -0.2) is 0 Å². The molecule has 1 aliphatic rings. The Hall–Kier alpha value is -2.66. The number of hydrogen-bond donors (Lipinski definition) is 2. The van der Waals surface area contributed by atoms with Crippen LogP contribution in [0.3, 0.4) is 0 Å². The Kier molecular flexibility index (Phi) is 3.89. The van der Waals surface area contributed by atoms with Gasteiger partial charge in [-0.15, -0.1) is 0 Å². The maximum absolute atomic E-state index is 12.5. The minimum absolute atomic E-state index is 0.303. The maximum atomic E-state index is 12.5. The van der Waals surface area contributed by atoms with Gasteiger partial charge in [-0.1, -0.05) is 17.7 Å². The largest absolute Gasteiger partial charge is 0.497 e. The van der Waals surface area contributed by atoms with Crippen LogP contribution in [0.25, 0.3) is 0 Å². The van der Waals surface area contributed by atoms with E-state index in [0.29, 0.717) is 22.6 Å². The lowest BCUT2D eigenvalue weighted by Crippen LogP contribution is -2.36. The van der Waals surface area contributed by atoms with Crippen LogP contribution in [0.5, 0.6) is 5.75 Å². The van der Waals surface area contributed by atoms with Gasteiger partial charge in [0, 0.05) is 11.1 Å². The van der Waals surface area contributed by atoms with Crippen LogP contribution >= 0.6 is 0 Å². The molecule has 2 aromatic rings. The summed E-state index contributed by atoms with van der Waals surface area (Å²) in [6.45, 7) is 3.75. The zero-order chi connectivity index (χ0) is 17.5. The number of hydrogen-bond acceptors (Lipinski definition) is 4. The van der Waals surface area contributed by atoms with Gasteiger partial charge in [-0.3, -0.25) is 9.59 Å². The molecular formula is C19H19NO4. The van der Waals surface area contributed by atoms with E-state index in [1.165, 1.54) is 0 Å². The lowest BCUT2D eigenvalue weighted by molar-refractivity contribution is -0.133. The molecule has 3 rings (SSSR count). The van der Waals surface area contributed by atoms with Gasteiger partial charge in [0.15, 0.2) is 11.4 Å². The molecule has 5 nitrogen and oxygen atoms in total. The Morgan fingerprint density at radius 3 is 2.50 bits per heavy atom. The van der Waals surface area contributed by atoms with Crippen LogP contribution in [0.1, 0.15) is 33.5 Å². The van der Waals surface area contributed by atoms with Crippen molar-refractivity contribution in [2.24, 2.45) is 0 Å². The first-order chi connectivity index (χ1) is 11.3. The number of benzene rings is 2. The Labute approximate surface area is 140 Å². The molecule has 1 atom stereocenters. The number of methoxy groups -OCH3 is 1. The van der Waals surface area contributed by atoms with Crippen LogP contribution < -0.4 is 10.1 Å². The third-order valence-electron chi connectivity index (χ3n) is 4.37. The molecular weight excluding hydrogens is 306 g/mol. The van der Waals surface area contributed by atoms with Crippen LogP contribution in [-0.4, -0.2) is 23.9 Å². The topological polar surface area (TPSA) is 75.6 Å². The molecule has 124 valence electrons. The molecule has 0 radical (unpaired) electrons. The molecule has 1 aliphatic heterocycles. The molecule has 0 saturated carbocycles. The van der Waals surface area contributed by atoms with Gasteiger partial charge in [0.05, 0.1) is 19.2 Å². The number of fused-ring (bicyclic) bond motifs is 1. The highest BCUT2D eigenvalue weighted by Crippen LogP contribution is 2.41. The number of nitrogens with one attached hydrogen (secondary N) is 1. The number of aryl methyl sites for hydroxylation is 2. The van der Waals surface area contributed by atoms with E-state index in [0.717, 1.165) is 11.1 Å². The van der Waals surface area contributed by atoms with Gasteiger partial charge < -0.3 is 15.2 Å². The summed E-state index contributed by atoms with van der Waals surface area (Å²) < 4.78 is 5.07. The number of ether oxygens (including phenoxy) is 1. The molecule has 0 aromatic heterocycles. The van der Waals surface area contributed by atoms with Crippen molar-refractivity contribution < 1.29 is 19.4 Å². The average Bonchev–Trinajstić information content (AvgIpc) is 2.80. The van der Waals surface area contributed by atoms with Crippen LogP contribution in [0.15, 0.2) is 36.4 Å². The number of carbonyl (C=O) groups is 2. The average molecular weight is 325 g/mol. The maximum Gasteiger partial charge on any atom is 0.261 e. The molecule has 0 fully saturated rings. The van der Waals surface area contributed by atoms with E-state index in [2.05, 4.69) is 5.32 Å². The first-order valence-electron chi connectivity index (χ1n) is 7.68. The van der Waals surface area contributed by atoms with Crippen molar-refractivity contribution in [3.8, 4) is 5.75 Å².